The van der Waals surface area contributed by atoms with Crippen molar-refractivity contribution >= 4 is 15.9 Å². The van der Waals surface area contributed by atoms with E-state index in [9.17, 15) is 13.2 Å². The molecule has 0 aromatic heterocycles. The Balaban J connectivity index is 0.000000640. The van der Waals surface area contributed by atoms with Gasteiger partial charge in [-0.2, -0.15) is 0 Å². The van der Waals surface area contributed by atoms with Crippen molar-refractivity contribution in [3.63, 3.8) is 0 Å². The molecule has 1 heterocycles. The van der Waals surface area contributed by atoms with Crippen LogP contribution in [0.1, 0.15) is 7.43 Å². The Morgan fingerprint density at radius 1 is 1.44 bits per heavy atom. The molecular weight excluding hydrogens is 142 g/mol. The number of hydrogen-bond acceptors (Lipinski definition) is 3. The standard InChI is InChI=1S/C3H3NO3S.CH4/c5-3-1-2-8(6,7)4-3;/h1-2H,(H,4,5);1H4. The number of sulfonamides is 1. The van der Waals surface area contributed by atoms with Crippen molar-refractivity contribution in [1.82, 2.24) is 4.72 Å². The molecule has 0 unspecified atom stereocenters. The summed E-state index contributed by atoms with van der Waals surface area (Å²) < 4.78 is 22.2. The zero-order valence-corrected chi connectivity index (χ0v) is 4.60. The third-order valence-corrected chi connectivity index (χ3v) is 1.62. The molecule has 0 bridgehead atoms. The molecule has 0 saturated carbocycles. The average molecular weight is 149 g/mol. The maximum atomic E-state index is 10.2. The summed E-state index contributed by atoms with van der Waals surface area (Å²) in [7, 11) is -3.38. The lowest BCUT2D eigenvalue weighted by atomic mass is 10.6. The third kappa shape index (κ3) is 1.85. The summed E-state index contributed by atoms with van der Waals surface area (Å²) in [6, 6.07) is 0. The van der Waals surface area contributed by atoms with Gasteiger partial charge >= 0.3 is 0 Å². The molecule has 1 aliphatic rings. The lowest BCUT2D eigenvalue weighted by Crippen LogP contribution is -2.20. The van der Waals surface area contributed by atoms with Crippen LogP contribution in [0.2, 0.25) is 0 Å². The van der Waals surface area contributed by atoms with Crippen LogP contribution in [0.3, 0.4) is 0 Å². The van der Waals surface area contributed by atoms with Gasteiger partial charge in [0.2, 0.25) is 0 Å². The fourth-order valence-electron chi connectivity index (χ4n) is 0.360. The monoisotopic (exact) mass is 149 g/mol. The van der Waals surface area contributed by atoms with E-state index < -0.39 is 15.9 Å². The minimum absolute atomic E-state index is 0. The van der Waals surface area contributed by atoms with Crippen LogP contribution in [0.15, 0.2) is 11.5 Å². The number of rotatable bonds is 0. The van der Waals surface area contributed by atoms with Gasteiger partial charge in [-0.1, -0.05) is 7.43 Å². The van der Waals surface area contributed by atoms with Crippen LogP contribution >= 0.6 is 0 Å². The van der Waals surface area contributed by atoms with Gasteiger partial charge in [-0.05, 0) is 0 Å². The minimum Gasteiger partial charge on any atom is -0.269 e. The quantitative estimate of drug-likeness (QED) is 0.509. The molecule has 4 nitrogen and oxygen atoms in total. The van der Waals surface area contributed by atoms with Crippen molar-refractivity contribution in [3.05, 3.63) is 11.5 Å². The molecule has 5 heteroatoms. The van der Waals surface area contributed by atoms with Crippen LogP contribution < -0.4 is 4.72 Å². The van der Waals surface area contributed by atoms with Crippen molar-refractivity contribution in [3.8, 4) is 0 Å². The first-order valence-corrected chi connectivity index (χ1v) is 3.40. The summed E-state index contributed by atoms with van der Waals surface area (Å²) >= 11 is 0. The second kappa shape index (κ2) is 2.18. The molecule has 0 fully saturated rings. The van der Waals surface area contributed by atoms with Gasteiger partial charge < -0.3 is 0 Å². The summed E-state index contributed by atoms with van der Waals surface area (Å²) in [5.41, 5.74) is 0. The SMILES string of the molecule is C.O=C1C=CS(=O)(=O)N1. The number of nitrogens with one attached hydrogen (secondary N) is 1. The molecule has 0 aromatic carbocycles. The first-order chi connectivity index (χ1) is 3.60. The van der Waals surface area contributed by atoms with Gasteiger partial charge in [0.25, 0.3) is 15.9 Å². The van der Waals surface area contributed by atoms with Gasteiger partial charge in [0, 0.05) is 6.08 Å². The average Bonchev–Trinajstić information content (AvgIpc) is 1.82. The molecular formula is C4H7NO3S. The fraction of sp³-hybridized carbons (Fsp3) is 0.250. The van der Waals surface area contributed by atoms with Crippen LogP contribution in [-0.2, 0) is 14.8 Å². The predicted molar refractivity (Wildman–Crippen MR) is 32.9 cm³/mol. The highest BCUT2D eigenvalue weighted by Crippen LogP contribution is 1.94. The van der Waals surface area contributed by atoms with E-state index in [4.69, 9.17) is 0 Å². The van der Waals surface area contributed by atoms with Gasteiger partial charge in [0.1, 0.15) is 0 Å². The molecule has 0 atom stereocenters. The summed E-state index contributed by atoms with van der Waals surface area (Å²) in [5.74, 6) is -0.579. The Morgan fingerprint density at radius 3 is 2.11 bits per heavy atom. The van der Waals surface area contributed by atoms with Crippen molar-refractivity contribution < 1.29 is 13.2 Å². The second-order valence-corrected chi connectivity index (χ2v) is 2.88. The Kier molecular flexibility index (Phi) is 1.98. The third-order valence-electron chi connectivity index (χ3n) is 0.641. The Bertz CT molecular complexity index is 239. The maximum Gasteiger partial charge on any atom is 0.258 e. The first kappa shape index (κ1) is 8.16. The predicted octanol–water partition coefficient (Wildman–Crippen LogP) is -0.404. The summed E-state index contributed by atoms with van der Waals surface area (Å²) in [6.07, 6.45) is 0.968. The van der Waals surface area contributed by atoms with Gasteiger partial charge in [-0.25, -0.2) is 13.1 Å². The van der Waals surface area contributed by atoms with Crippen molar-refractivity contribution in [1.29, 1.82) is 0 Å². The van der Waals surface area contributed by atoms with E-state index in [0.717, 1.165) is 11.5 Å². The maximum absolute atomic E-state index is 10.2. The van der Waals surface area contributed by atoms with Gasteiger partial charge in [-0.3, -0.25) is 4.79 Å². The fourth-order valence-corrected chi connectivity index (χ4v) is 1.08. The Hall–Kier alpha value is -0.840. The van der Waals surface area contributed by atoms with Gasteiger partial charge in [0.15, 0.2) is 0 Å². The molecule has 1 amide bonds. The Labute approximate surface area is 53.6 Å². The number of carbonyl (C=O) groups excluding carboxylic acids is 1. The van der Waals surface area contributed by atoms with Crippen molar-refractivity contribution in [2.24, 2.45) is 0 Å². The minimum atomic E-state index is -3.38. The van der Waals surface area contributed by atoms with Crippen LogP contribution in [-0.4, -0.2) is 14.3 Å². The van der Waals surface area contributed by atoms with Crippen LogP contribution in [0.5, 0.6) is 0 Å². The lowest BCUT2D eigenvalue weighted by Gasteiger charge is -1.85. The smallest absolute Gasteiger partial charge is 0.258 e. The molecule has 9 heavy (non-hydrogen) atoms. The second-order valence-electron chi connectivity index (χ2n) is 1.31. The highest BCUT2D eigenvalue weighted by molar-refractivity contribution is 7.93. The topological polar surface area (TPSA) is 63.2 Å². The summed E-state index contributed by atoms with van der Waals surface area (Å²) in [6.45, 7) is 0. The highest BCUT2D eigenvalue weighted by Gasteiger charge is 2.14. The molecule has 52 valence electrons. The van der Waals surface area contributed by atoms with E-state index in [0.29, 0.717) is 0 Å². The zero-order chi connectivity index (χ0) is 6.20. The van der Waals surface area contributed by atoms with Crippen molar-refractivity contribution in [2.45, 2.75) is 7.43 Å². The molecule has 0 aliphatic carbocycles. The van der Waals surface area contributed by atoms with E-state index in [1.165, 1.54) is 0 Å². The van der Waals surface area contributed by atoms with Crippen LogP contribution in [0.25, 0.3) is 0 Å². The Morgan fingerprint density at radius 2 is 2.00 bits per heavy atom. The molecule has 1 aliphatic heterocycles. The number of carbonyl (C=O) groups is 1. The van der Waals surface area contributed by atoms with E-state index in [1.54, 1.807) is 4.72 Å². The van der Waals surface area contributed by atoms with Crippen molar-refractivity contribution in [2.75, 3.05) is 0 Å². The van der Waals surface area contributed by atoms with E-state index in [-0.39, 0.29) is 7.43 Å². The molecule has 0 radical (unpaired) electrons. The van der Waals surface area contributed by atoms with Gasteiger partial charge in [0.05, 0.1) is 5.41 Å². The van der Waals surface area contributed by atoms with Crippen LogP contribution in [0, 0.1) is 0 Å². The highest BCUT2D eigenvalue weighted by atomic mass is 32.2. The molecule has 0 saturated heterocycles. The van der Waals surface area contributed by atoms with Crippen LogP contribution in [0.4, 0.5) is 0 Å². The van der Waals surface area contributed by atoms with E-state index >= 15 is 0 Å². The molecule has 0 spiro atoms. The van der Waals surface area contributed by atoms with Gasteiger partial charge in [-0.15, -0.1) is 0 Å². The number of amides is 1. The first-order valence-electron chi connectivity index (χ1n) is 1.85. The largest absolute Gasteiger partial charge is 0.269 e. The number of hydrogen-bond donors (Lipinski definition) is 1. The normalized spacial score (nSPS) is 20.7. The molecule has 0 aromatic rings. The zero-order valence-electron chi connectivity index (χ0n) is 3.79. The lowest BCUT2D eigenvalue weighted by molar-refractivity contribution is -0.114. The van der Waals surface area contributed by atoms with E-state index in [2.05, 4.69) is 0 Å². The summed E-state index contributed by atoms with van der Waals surface area (Å²) in [4.78, 5) is 10.1. The van der Waals surface area contributed by atoms with E-state index in [1.807, 2.05) is 0 Å². The summed E-state index contributed by atoms with van der Waals surface area (Å²) in [5, 5.41) is 0.829. The molecule has 1 rings (SSSR count). The molecule has 1 N–H and O–H groups in total.